The minimum absolute atomic E-state index is 0.00324. The van der Waals surface area contributed by atoms with Crippen molar-refractivity contribution in [1.29, 1.82) is 0 Å². The molecule has 2 nitrogen and oxygen atoms in total. The number of rotatable bonds is 2. The summed E-state index contributed by atoms with van der Waals surface area (Å²) in [6, 6.07) is 4.41. The molecule has 74 valence electrons. The molecule has 0 aliphatic heterocycles. The maximum atomic E-state index is 13.1. The fourth-order valence-corrected chi connectivity index (χ4v) is 1.51. The van der Waals surface area contributed by atoms with Gasteiger partial charge in [0.1, 0.15) is 5.82 Å². The maximum absolute atomic E-state index is 13.1. The average Bonchev–Trinajstić information content (AvgIpc) is 2.09. The highest BCUT2D eigenvalue weighted by Crippen LogP contribution is 2.31. The van der Waals surface area contributed by atoms with Crippen molar-refractivity contribution in [3.63, 3.8) is 0 Å². The Kier molecular flexibility index (Phi) is 3.04. The quantitative estimate of drug-likeness (QED) is 0.549. The molecule has 0 N–H and O–H groups in total. The molecule has 0 bridgehead atoms. The van der Waals surface area contributed by atoms with Gasteiger partial charge in [0.2, 0.25) is 6.08 Å². The lowest BCUT2D eigenvalue weighted by molar-refractivity contribution is 0.519. The van der Waals surface area contributed by atoms with Crippen molar-refractivity contribution in [2.24, 2.45) is 4.99 Å². The third kappa shape index (κ3) is 2.00. The van der Waals surface area contributed by atoms with Gasteiger partial charge in [-0.25, -0.2) is 9.18 Å². The summed E-state index contributed by atoms with van der Waals surface area (Å²) in [5, 5.41) is -0.00324. The third-order valence-corrected chi connectivity index (χ3v) is 2.32. The zero-order valence-electron chi connectivity index (χ0n) is 7.84. The topological polar surface area (TPSA) is 29.4 Å². The first-order chi connectivity index (χ1) is 6.49. The van der Waals surface area contributed by atoms with Crippen molar-refractivity contribution in [3.05, 3.63) is 34.6 Å². The number of nitrogens with zero attached hydrogens (tertiary/aromatic N) is 1. The number of halogens is 2. The highest BCUT2D eigenvalue weighted by molar-refractivity contribution is 6.31. The molecule has 0 aliphatic rings. The molecule has 0 amide bonds. The van der Waals surface area contributed by atoms with Crippen LogP contribution in [0.25, 0.3) is 0 Å². The van der Waals surface area contributed by atoms with Crippen LogP contribution in [-0.4, -0.2) is 6.08 Å². The Labute approximate surface area is 86.4 Å². The van der Waals surface area contributed by atoms with E-state index in [0.29, 0.717) is 5.56 Å². The molecule has 0 fully saturated rings. The van der Waals surface area contributed by atoms with Crippen molar-refractivity contribution < 1.29 is 9.18 Å². The number of benzene rings is 1. The van der Waals surface area contributed by atoms with Crippen LogP contribution in [-0.2, 0) is 10.3 Å². The first-order valence-electron chi connectivity index (χ1n) is 4.02. The number of carbonyl (C=O) groups excluding carboxylic acids is 1. The molecule has 0 unspecified atom stereocenters. The molecule has 0 aliphatic carbocycles. The van der Waals surface area contributed by atoms with E-state index < -0.39 is 11.4 Å². The highest BCUT2D eigenvalue weighted by Gasteiger charge is 2.23. The van der Waals surface area contributed by atoms with Crippen LogP contribution in [0.2, 0.25) is 5.02 Å². The van der Waals surface area contributed by atoms with E-state index in [2.05, 4.69) is 4.99 Å². The normalized spacial score (nSPS) is 10.9. The lowest BCUT2D eigenvalue weighted by Crippen LogP contribution is -2.14. The van der Waals surface area contributed by atoms with Gasteiger partial charge in [-0.3, -0.25) is 0 Å². The van der Waals surface area contributed by atoms with Crippen LogP contribution in [0.15, 0.2) is 23.2 Å². The van der Waals surface area contributed by atoms with E-state index in [1.165, 1.54) is 18.2 Å². The third-order valence-electron chi connectivity index (χ3n) is 1.94. The second kappa shape index (κ2) is 3.91. The second-order valence-corrected chi connectivity index (χ2v) is 3.74. The van der Waals surface area contributed by atoms with Gasteiger partial charge in [-0.05, 0) is 19.9 Å². The zero-order valence-corrected chi connectivity index (χ0v) is 8.60. The van der Waals surface area contributed by atoms with Gasteiger partial charge in [0.25, 0.3) is 0 Å². The summed E-state index contributed by atoms with van der Waals surface area (Å²) >= 11 is 5.75. The molecule has 0 radical (unpaired) electrons. The minimum Gasteiger partial charge on any atom is -0.211 e. The highest BCUT2D eigenvalue weighted by atomic mass is 35.5. The number of hydrogen-bond acceptors (Lipinski definition) is 2. The van der Waals surface area contributed by atoms with Crippen LogP contribution in [0.1, 0.15) is 19.4 Å². The Hall–Kier alpha value is -1.18. The molecule has 14 heavy (non-hydrogen) atoms. The molecule has 0 atom stereocenters. The van der Waals surface area contributed by atoms with Gasteiger partial charge >= 0.3 is 0 Å². The monoisotopic (exact) mass is 213 g/mol. The Morgan fingerprint density at radius 3 is 2.71 bits per heavy atom. The fourth-order valence-electron chi connectivity index (χ4n) is 1.15. The lowest BCUT2D eigenvalue weighted by Gasteiger charge is -2.19. The number of isocyanates is 1. The van der Waals surface area contributed by atoms with Gasteiger partial charge in [0.15, 0.2) is 0 Å². The first-order valence-corrected chi connectivity index (χ1v) is 4.40. The van der Waals surface area contributed by atoms with Crippen molar-refractivity contribution in [3.8, 4) is 0 Å². The average molecular weight is 214 g/mol. The van der Waals surface area contributed by atoms with Crippen molar-refractivity contribution >= 4 is 17.7 Å². The van der Waals surface area contributed by atoms with Gasteiger partial charge in [-0.15, -0.1) is 0 Å². The summed E-state index contributed by atoms with van der Waals surface area (Å²) in [6.45, 7) is 3.33. The summed E-state index contributed by atoms with van der Waals surface area (Å²) in [4.78, 5) is 13.7. The molecule has 0 heterocycles. The zero-order chi connectivity index (χ0) is 10.8. The van der Waals surface area contributed by atoms with E-state index >= 15 is 0 Å². The molecule has 0 aromatic heterocycles. The fraction of sp³-hybridized carbons (Fsp3) is 0.300. The van der Waals surface area contributed by atoms with Gasteiger partial charge in [-0.1, -0.05) is 23.7 Å². The van der Waals surface area contributed by atoms with Gasteiger partial charge in [0.05, 0.1) is 10.6 Å². The lowest BCUT2D eigenvalue weighted by atomic mass is 9.95. The van der Waals surface area contributed by atoms with E-state index in [0.717, 1.165) is 0 Å². The molecule has 0 saturated heterocycles. The number of hydrogen-bond donors (Lipinski definition) is 0. The van der Waals surface area contributed by atoms with Crippen LogP contribution >= 0.6 is 11.6 Å². The molecule has 0 spiro atoms. The standard InChI is InChI=1S/C10H9ClFNO/c1-10(2,13-6-14)7-4-3-5-8(12)9(7)11/h3-5H,1-2H3. The molecule has 1 rings (SSSR count). The van der Waals surface area contributed by atoms with Crippen LogP contribution < -0.4 is 0 Å². The van der Waals surface area contributed by atoms with Gasteiger partial charge in [0, 0.05) is 5.56 Å². The van der Waals surface area contributed by atoms with E-state index in [4.69, 9.17) is 11.6 Å². The molecule has 0 saturated carbocycles. The largest absolute Gasteiger partial charge is 0.235 e. The maximum Gasteiger partial charge on any atom is 0.235 e. The first kappa shape index (κ1) is 10.9. The molecule has 1 aromatic carbocycles. The van der Waals surface area contributed by atoms with E-state index in [-0.39, 0.29) is 5.02 Å². The van der Waals surface area contributed by atoms with Crippen molar-refractivity contribution in [2.75, 3.05) is 0 Å². The minimum atomic E-state index is -0.846. The van der Waals surface area contributed by atoms with Crippen LogP contribution in [0.5, 0.6) is 0 Å². The van der Waals surface area contributed by atoms with Crippen molar-refractivity contribution in [2.45, 2.75) is 19.4 Å². The van der Waals surface area contributed by atoms with Crippen LogP contribution in [0.3, 0.4) is 0 Å². The predicted octanol–water partition coefficient (Wildman–Crippen LogP) is 3.05. The Morgan fingerprint density at radius 1 is 1.50 bits per heavy atom. The summed E-state index contributed by atoms with van der Waals surface area (Å²) in [6.07, 6.45) is 1.45. The molecule has 1 aromatic rings. The Morgan fingerprint density at radius 2 is 2.14 bits per heavy atom. The van der Waals surface area contributed by atoms with Crippen LogP contribution in [0.4, 0.5) is 4.39 Å². The summed E-state index contributed by atoms with van der Waals surface area (Å²) < 4.78 is 13.1. The number of aliphatic imine (C=N–C) groups is 1. The summed E-state index contributed by atoms with van der Waals surface area (Å²) in [5.74, 6) is -0.515. The SMILES string of the molecule is CC(C)(N=C=O)c1cccc(F)c1Cl. The smallest absolute Gasteiger partial charge is 0.211 e. The summed E-state index contributed by atoms with van der Waals surface area (Å²) in [5.41, 5.74) is -0.372. The second-order valence-electron chi connectivity index (χ2n) is 3.36. The van der Waals surface area contributed by atoms with Gasteiger partial charge < -0.3 is 0 Å². The van der Waals surface area contributed by atoms with E-state index in [1.54, 1.807) is 19.9 Å². The molecular weight excluding hydrogens is 205 g/mol. The van der Waals surface area contributed by atoms with Gasteiger partial charge in [-0.2, -0.15) is 4.99 Å². The van der Waals surface area contributed by atoms with Crippen LogP contribution in [0, 0.1) is 5.82 Å². The summed E-state index contributed by atoms with van der Waals surface area (Å²) in [7, 11) is 0. The van der Waals surface area contributed by atoms with Crippen molar-refractivity contribution in [1.82, 2.24) is 0 Å². The Bertz CT molecular complexity index is 397. The Balaban J connectivity index is 3.32. The molecule has 4 heteroatoms. The molecular formula is C10H9ClFNO. The predicted molar refractivity (Wildman–Crippen MR) is 52.6 cm³/mol. The van der Waals surface area contributed by atoms with E-state index in [9.17, 15) is 9.18 Å². The van der Waals surface area contributed by atoms with E-state index in [1.807, 2.05) is 0 Å².